The van der Waals surface area contributed by atoms with Crippen molar-refractivity contribution in [1.82, 2.24) is 10.2 Å². The lowest BCUT2D eigenvalue weighted by molar-refractivity contribution is -0.0168. The van der Waals surface area contributed by atoms with E-state index in [2.05, 4.69) is 31.0 Å². The Hall–Kier alpha value is -0.120. The molecule has 0 aliphatic carbocycles. The van der Waals surface area contributed by atoms with Crippen LogP contribution in [0.3, 0.4) is 0 Å². The number of nitrogens with one attached hydrogen (secondary N) is 1. The molecule has 0 amide bonds. The molecule has 2 saturated heterocycles. The van der Waals surface area contributed by atoms with Gasteiger partial charge in [-0.25, -0.2) is 0 Å². The largest absolute Gasteiger partial charge is 0.381 e. The zero-order chi connectivity index (χ0) is 13.8. The maximum atomic E-state index is 5.59. The van der Waals surface area contributed by atoms with E-state index in [9.17, 15) is 0 Å². The van der Waals surface area contributed by atoms with E-state index in [0.717, 1.165) is 26.3 Å². The molecule has 1 N–H and O–H groups in total. The van der Waals surface area contributed by atoms with Crippen molar-refractivity contribution in [3.8, 4) is 0 Å². The second kappa shape index (κ2) is 6.55. The van der Waals surface area contributed by atoms with Crippen LogP contribution in [0.25, 0.3) is 0 Å². The summed E-state index contributed by atoms with van der Waals surface area (Å²) in [4.78, 5) is 2.71. The average Bonchev–Trinajstić information content (AvgIpc) is 2.36. The minimum atomic E-state index is 0.446. The molecule has 3 heteroatoms. The smallest absolute Gasteiger partial charge is 0.0472 e. The predicted octanol–water partition coefficient (Wildman–Crippen LogP) is 2.51. The van der Waals surface area contributed by atoms with Crippen LogP contribution in [0.1, 0.15) is 46.5 Å². The Bertz CT molecular complexity index is 272. The molecule has 2 aliphatic heterocycles. The normalized spacial score (nSPS) is 27.3. The molecule has 0 aromatic rings. The lowest BCUT2D eigenvalue weighted by Crippen LogP contribution is -2.51. The van der Waals surface area contributed by atoms with Gasteiger partial charge in [0.2, 0.25) is 0 Å². The Kier molecular flexibility index (Phi) is 5.27. The van der Waals surface area contributed by atoms with Crippen LogP contribution < -0.4 is 5.32 Å². The number of piperidine rings is 1. The quantitative estimate of drug-likeness (QED) is 0.829. The van der Waals surface area contributed by atoms with Gasteiger partial charge < -0.3 is 15.0 Å². The topological polar surface area (TPSA) is 24.5 Å². The van der Waals surface area contributed by atoms with E-state index in [-0.39, 0.29) is 0 Å². The van der Waals surface area contributed by atoms with E-state index in [4.69, 9.17) is 4.74 Å². The van der Waals surface area contributed by atoms with Crippen LogP contribution in [0.5, 0.6) is 0 Å². The van der Waals surface area contributed by atoms with Crippen LogP contribution in [-0.4, -0.2) is 50.8 Å². The van der Waals surface area contributed by atoms with Crippen LogP contribution >= 0.6 is 0 Å². The molecule has 19 heavy (non-hydrogen) atoms. The molecule has 2 aliphatic rings. The second-order valence-corrected chi connectivity index (χ2v) is 7.37. The van der Waals surface area contributed by atoms with E-state index < -0.39 is 0 Å². The Labute approximate surface area is 119 Å². The van der Waals surface area contributed by atoms with Gasteiger partial charge in [0.25, 0.3) is 0 Å². The summed E-state index contributed by atoms with van der Waals surface area (Å²) in [7, 11) is 0. The highest BCUT2D eigenvalue weighted by Crippen LogP contribution is 2.35. The van der Waals surface area contributed by atoms with Gasteiger partial charge in [-0.2, -0.15) is 0 Å². The SMILES string of the molecule is CCNCC1(CN2CCCC(C)(C)C2)CCOCC1. The Balaban J connectivity index is 1.94. The van der Waals surface area contributed by atoms with Gasteiger partial charge in [-0.05, 0) is 49.6 Å². The number of nitrogens with zero attached hydrogens (tertiary/aromatic N) is 1. The van der Waals surface area contributed by atoms with E-state index >= 15 is 0 Å². The first kappa shape index (κ1) is 15.3. The Morgan fingerprint density at radius 1 is 1.16 bits per heavy atom. The van der Waals surface area contributed by atoms with Crippen LogP contribution in [0.2, 0.25) is 0 Å². The number of likely N-dealkylation sites (tertiary alicyclic amines) is 1. The molecule has 0 bridgehead atoms. The molecular weight excluding hydrogens is 236 g/mol. The second-order valence-electron chi connectivity index (χ2n) is 7.37. The molecule has 112 valence electrons. The molecule has 0 radical (unpaired) electrons. The van der Waals surface area contributed by atoms with Crippen molar-refractivity contribution in [2.45, 2.75) is 46.5 Å². The molecule has 0 aromatic heterocycles. The lowest BCUT2D eigenvalue weighted by Gasteiger charge is -2.45. The number of ether oxygens (including phenoxy) is 1. The third kappa shape index (κ3) is 4.44. The lowest BCUT2D eigenvalue weighted by atomic mass is 9.77. The molecule has 2 rings (SSSR count). The maximum Gasteiger partial charge on any atom is 0.0472 e. The van der Waals surface area contributed by atoms with Crippen molar-refractivity contribution in [1.29, 1.82) is 0 Å². The number of hydrogen-bond donors (Lipinski definition) is 1. The number of hydrogen-bond acceptors (Lipinski definition) is 3. The van der Waals surface area contributed by atoms with Crippen LogP contribution in [0.15, 0.2) is 0 Å². The summed E-state index contributed by atoms with van der Waals surface area (Å²) in [6.45, 7) is 15.0. The van der Waals surface area contributed by atoms with Gasteiger partial charge in [0.15, 0.2) is 0 Å². The summed E-state index contributed by atoms with van der Waals surface area (Å²) in [5.41, 5.74) is 0.949. The van der Waals surface area contributed by atoms with Crippen LogP contribution in [-0.2, 0) is 4.74 Å². The average molecular weight is 268 g/mol. The molecule has 3 nitrogen and oxygen atoms in total. The van der Waals surface area contributed by atoms with E-state index in [1.165, 1.54) is 45.3 Å². The van der Waals surface area contributed by atoms with E-state index in [1.54, 1.807) is 0 Å². The number of rotatable bonds is 5. The Morgan fingerprint density at radius 3 is 2.53 bits per heavy atom. The van der Waals surface area contributed by atoms with Gasteiger partial charge in [0, 0.05) is 32.8 Å². The minimum absolute atomic E-state index is 0.446. The van der Waals surface area contributed by atoms with Crippen molar-refractivity contribution in [3.05, 3.63) is 0 Å². The molecule has 0 spiro atoms. The predicted molar refractivity (Wildman–Crippen MR) is 80.5 cm³/mol. The van der Waals surface area contributed by atoms with Crippen molar-refractivity contribution in [2.24, 2.45) is 10.8 Å². The standard InChI is InChI=1S/C16H32N2O/c1-4-17-12-16(7-10-19-11-8-16)14-18-9-5-6-15(2,3)13-18/h17H,4-14H2,1-3H3. The van der Waals surface area contributed by atoms with Crippen molar-refractivity contribution in [2.75, 3.05) is 45.9 Å². The summed E-state index contributed by atoms with van der Waals surface area (Å²) in [6.07, 6.45) is 5.18. The van der Waals surface area contributed by atoms with Gasteiger partial charge >= 0.3 is 0 Å². The van der Waals surface area contributed by atoms with Gasteiger partial charge in [-0.15, -0.1) is 0 Å². The minimum Gasteiger partial charge on any atom is -0.381 e. The highest BCUT2D eigenvalue weighted by molar-refractivity contribution is 4.90. The van der Waals surface area contributed by atoms with Gasteiger partial charge in [-0.3, -0.25) is 0 Å². The summed E-state index contributed by atoms with van der Waals surface area (Å²) in [5, 5.41) is 3.59. The first-order chi connectivity index (χ1) is 9.05. The van der Waals surface area contributed by atoms with Crippen molar-refractivity contribution in [3.63, 3.8) is 0 Å². The third-order valence-electron chi connectivity index (χ3n) is 4.84. The third-order valence-corrected chi connectivity index (χ3v) is 4.84. The van der Waals surface area contributed by atoms with Gasteiger partial charge in [0.1, 0.15) is 0 Å². The molecule has 0 aromatic carbocycles. The first-order valence-electron chi connectivity index (χ1n) is 8.06. The van der Waals surface area contributed by atoms with Gasteiger partial charge in [-0.1, -0.05) is 20.8 Å². The molecular formula is C16H32N2O. The monoisotopic (exact) mass is 268 g/mol. The summed E-state index contributed by atoms with van der Waals surface area (Å²) >= 11 is 0. The van der Waals surface area contributed by atoms with E-state index in [1.807, 2.05) is 0 Å². The zero-order valence-corrected chi connectivity index (χ0v) is 13.1. The fraction of sp³-hybridized carbons (Fsp3) is 1.00. The van der Waals surface area contributed by atoms with E-state index in [0.29, 0.717) is 10.8 Å². The summed E-state index contributed by atoms with van der Waals surface area (Å²) in [5.74, 6) is 0. The van der Waals surface area contributed by atoms with Crippen LogP contribution in [0.4, 0.5) is 0 Å². The fourth-order valence-electron chi connectivity index (χ4n) is 3.74. The highest BCUT2D eigenvalue weighted by atomic mass is 16.5. The zero-order valence-electron chi connectivity index (χ0n) is 13.1. The molecule has 0 unspecified atom stereocenters. The van der Waals surface area contributed by atoms with Crippen LogP contribution in [0, 0.1) is 10.8 Å². The van der Waals surface area contributed by atoms with Crippen molar-refractivity contribution < 1.29 is 4.74 Å². The highest BCUT2D eigenvalue weighted by Gasteiger charge is 2.36. The fourth-order valence-corrected chi connectivity index (χ4v) is 3.74. The summed E-state index contributed by atoms with van der Waals surface area (Å²) < 4.78 is 5.59. The Morgan fingerprint density at radius 2 is 1.89 bits per heavy atom. The maximum absolute atomic E-state index is 5.59. The first-order valence-corrected chi connectivity index (χ1v) is 8.06. The molecule has 0 saturated carbocycles. The van der Waals surface area contributed by atoms with Crippen molar-refractivity contribution >= 4 is 0 Å². The molecule has 2 heterocycles. The van der Waals surface area contributed by atoms with Gasteiger partial charge in [0.05, 0.1) is 0 Å². The summed E-state index contributed by atoms with van der Waals surface area (Å²) in [6, 6.07) is 0. The molecule has 2 fully saturated rings. The molecule has 0 atom stereocenters.